The van der Waals surface area contributed by atoms with Crippen molar-refractivity contribution in [2.75, 3.05) is 6.26 Å². The first kappa shape index (κ1) is 13.7. The lowest BCUT2D eigenvalue weighted by Gasteiger charge is -2.19. The molecule has 0 aliphatic heterocycles. The molecule has 1 fully saturated rings. The Hall–Kier alpha value is -0.740. The van der Waals surface area contributed by atoms with E-state index in [1.165, 1.54) is 12.8 Å². The molecule has 2 atom stereocenters. The molecule has 1 N–H and O–H groups in total. The van der Waals surface area contributed by atoms with E-state index < -0.39 is 0 Å². The zero-order valence-electron chi connectivity index (χ0n) is 10.6. The van der Waals surface area contributed by atoms with Crippen LogP contribution in [0.3, 0.4) is 0 Å². The van der Waals surface area contributed by atoms with E-state index >= 15 is 0 Å². The number of nitrogens with zero attached hydrogens (tertiary/aromatic N) is 1. The van der Waals surface area contributed by atoms with E-state index in [0.717, 1.165) is 12.1 Å². The lowest BCUT2D eigenvalue weighted by Crippen LogP contribution is -2.38. The fourth-order valence-electron chi connectivity index (χ4n) is 2.31. The SMILES string of the molecule is CSC1CCCC1NC(=O)c1cnc(C)cc1Cl. The Morgan fingerprint density at radius 1 is 1.56 bits per heavy atom. The second-order valence-electron chi connectivity index (χ2n) is 4.59. The fraction of sp³-hybridized carbons (Fsp3) is 0.538. The number of thioether (sulfide) groups is 1. The molecule has 1 amide bonds. The molecule has 0 bridgehead atoms. The fourth-order valence-corrected chi connectivity index (χ4v) is 3.54. The van der Waals surface area contributed by atoms with Crippen molar-refractivity contribution in [3.8, 4) is 0 Å². The Balaban J connectivity index is 2.07. The van der Waals surface area contributed by atoms with Crippen molar-refractivity contribution >= 4 is 29.3 Å². The second kappa shape index (κ2) is 5.93. The maximum absolute atomic E-state index is 12.1. The number of pyridine rings is 1. The zero-order chi connectivity index (χ0) is 13.1. The van der Waals surface area contributed by atoms with Crippen LogP contribution >= 0.6 is 23.4 Å². The number of amides is 1. The maximum Gasteiger partial charge on any atom is 0.254 e. The summed E-state index contributed by atoms with van der Waals surface area (Å²) in [6.07, 6.45) is 7.04. The maximum atomic E-state index is 12.1. The summed E-state index contributed by atoms with van der Waals surface area (Å²) in [7, 11) is 0. The largest absolute Gasteiger partial charge is 0.348 e. The Labute approximate surface area is 117 Å². The molecule has 0 spiro atoms. The van der Waals surface area contributed by atoms with E-state index in [0.29, 0.717) is 15.8 Å². The van der Waals surface area contributed by atoms with Crippen LogP contribution in [0.1, 0.15) is 35.3 Å². The van der Waals surface area contributed by atoms with Gasteiger partial charge in [-0.15, -0.1) is 0 Å². The zero-order valence-corrected chi connectivity index (χ0v) is 12.1. The van der Waals surface area contributed by atoms with Gasteiger partial charge in [-0.2, -0.15) is 11.8 Å². The number of aryl methyl sites for hydroxylation is 1. The average Bonchev–Trinajstić information content (AvgIpc) is 2.76. The third kappa shape index (κ3) is 2.98. The van der Waals surface area contributed by atoms with Crippen LogP contribution in [0.5, 0.6) is 0 Å². The van der Waals surface area contributed by atoms with Crippen LogP contribution in [0.4, 0.5) is 0 Å². The summed E-state index contributed by atoms with van der Waals surface area (Å²) in [5.74, 6) is -0.113. The number of hydrogen-bond donors (Lipinski definition) is 1. The molecule has 0 radical (unpaired) electrons. The highest BCUT2D eigenvalue weighted by molar-refractivity contribution is 7.99. The summed E-state index contributed by atoms with van der Waals surface area (Å²) >= 11 is 7.90. The highest BCUT2D eigenvalue weighted by atomic mass is 35.5. The minimum Gasteiger partial charge on any atom is -0.348 e. The Bertz CT molecular complexity index is 453. The summed E-state index contributed by atoms with van der Waals surface area (Å²) in [6.45, 7) is 1.86. The topological polar surface area (TPSA) is 42.0 Å². The van der Waals surface area contributed by atoms with Crippen molar-refractivity contribution in [1.82, 2.24) is 10.3 Å². The molecule has 2 unspecified atom stereocenters. The van der Waals surface area contributed by atoms with Crippen LogP contribution in [0.25, 0.3) is 0 Å². The van der Waals surface area contributed by atoms with Gasteiger partial charge in [-0.3, -0.25) is 9.78 Å². The molecule has 98 valence electrons. The summed E-state index contributed by atoms with van der Waals surface area (Å²) in [5, 5.41) is 4.06. The number of carbonyl (C=O) groups is 1. The number of halogens is 1. The molecular formula is C13H17ClN2OS. The monoisotopic (exact) mass is 284 g/mol. The smallest absolute Gasteiger partial charge is 0.254 e. The molecule has 1 aromatic heterocycles. The second-order valence-corrected chi connectivity index (χ2v) is 6.07. The van der Waals surface area contributed by atoms with Crippen LogP contribution in [-0.2, 0) is 0 Å². The van der Waals surface area contributed by atoms with Gasteiger partial charge in [-0.1, -0.05) is 18.0 Å². The standard InChI is InChI=1S/C13H17ClN2OS/c1-8-6-10(14)9(7-15-8)13(17)16-11-4-3-5-12(11)18-2/h6-7,11-12H,3-5H2,1-2H3,(H,16,17). The number of nitrogens with one attached hydrogen (secondary N) is 1. The molecule has 3 nitrogen and oxygen atoms in total. The quantitative estimate of drug-likeness (QED) is 0.927. The van der Waals surface area contributed by atoms with E-state index in [1.54, 1.807) is 12.3 Å². The van der Waals surface area contributed by atoms with Crippen LogP contribution in [0, 0.1) is 6.92 Å². The Morgan fingerprint density at radius 2 is 2.33 bits per heavy atom. The van der Waals surface area contributed by atoms with Gasteiger partial charge in [0.25, 0.3) is 5.91 Å². The van der Waals surface area contributed by atoms with Crippen LogP contribution in [0.2, 0.25) is 5.02 Å². The highest BCUT2D eigenvalue weighted by Crippen LogP contribution is 2.28. The molecule has 5 heteroatoms. The van der Waals surface area contributed by atoms with Gasteiger partial charge >= 0.3 is 0 Å². The van der Waals surface area contributed by atoms with Gasteiger partial charge in [-0.05, 0) is 32.1 Å². The molecule has 2 rings (SSSR count). The van der Waals surface area contributed by atoms with Gasteiger partial charge in [0, 0.05) is 23.2 Å². The van der Waals surface area contributed by atoms with Crippen LogP contribution < -0.4 is 5.32 Å². The van der Waals surface area contributed by atoms with Gasteiger partial charge in [0.15, 0.2) is 0 Å². The third-order valence-corrected chi connectivity index (χ3v) is 4.79. The van der Waals surface area contributed by atoms with Crippen LogP contribution in [0.15, 0.2) is 12.3 Å². The van der Waals surface area contributed by atoms with Gasteiger partial charge in [0.2, 0.25) is 0 Å². The number of aromatic nitrogens is 1. The van der Waals surface area contributed by atoms with Crippen molar-refractivity contribution in [2.45, 2.75) is 37.5 Å². The molecule has 1 aliphatic carbocycles. The number of carbonyl (C=O) groups excluding carboxylic acids is 1. The van der Waals surface area contributed by atoms with E-state index in [2.05, 4.69) is 16.6 Å². The van der Waals surface area contributed by atoms with Gasteiger partial charge in [0.1, 0.15) is 0 Å². The van der Waals surface area contributed by atoms with E-state index in [1.807, 2.05) is 18.7 Å². The Morgan fingerprint density at radius 3 is 3.00 bits per heavy atom. The Kier molecular flexibility index (Phi) is 4.51. The predicted molar refractivity (Wildman–Crippen MR) is 76.4 cm³/mol. The van der Waals surface area contributed by atoms with Crippen molar-refractivity contribution in [1.29, 1.82) is 0 Å². The summed E-state index contributed by atoms with van der Waals surface area (Å²) in [4.78, 5) is 16.3. The van der Waals surface area contributed by atoms with Gasteiger partial charge in [0.05, 0.1) is 10.6 Å². The molecule has 1 aromatic rings. The number of hydrogen-bond acceptors (Lipinski definition) is 3. The summed E-state index contributed by atoms with van der Waals surface area (Å²) in [5.41, 5.74) is 1.29. The molecular weight excluding hydrogens is 268 g/mol. The van der Waals surface area contributed by atoms with E-state index in [9.17, 15) is 4.79 Å². The number of rotatable bonds is 3. The third-order valence-electron chi connectivity index (χ3n) is 3.31. The average molecular weight is 285 g/mol. The minimum atomic E-state index is -0.113. The molecule has 18 heavy (non-hydrogen) atoms. The van der Waals surface area contributed by atoms with Crippen molar-refractivity contribution in [3.63, 3.8) is 0 Å². The minimum absolute atomic E-state index is 0.113. The van der Waals surface area contributed by atoms with Gasteiger partial charge in [-0.25, -0.2) is 0 Å². The van der Waals surface area contributed by atoms with Crippen molar-refractivity contribution in [3.05, 3.63) is 28.5 Å². The predicted octanol–water partition coefficient (Wildman–Crippen LogP) is 3.06. The first-order valence-electron chi connectivity index (χ1n) is 6.07. The summed E-state index contributed by atoms with van der Waals surface area (Å²) < 4.78 is 0. The first-order valence-corrected chi connectivity index (χ1v) is 7.74. The lowest BCUT2D eigenvalue weighted by molar-refractivity contribution is 0.0938. The molecule has 1 saturated carbocycles. The van der Waals surface area contributed by atoms with Crippen molar-refractivity contribution in [2.24, 2.45) is 0 Å². The summed E-state index contributed by atoms with van der Waals surface area (Å²) in [6, 6.07) is 1.97. The molecule has 0 aromatic carbocycles. The highest BCUT2D eigenvalue weighted by Gasteiger charge is 2.28. The van der Waals surface area contributed by atoms with Crippen LogP contribution in [-0.4, -0.2) is 28.4 Å². The normalized spacial score (nSPS) is 23.1. The molecule has 0 saturated heterocycles. The first-order chi connectivity index (χ1) is 8.61. The molecule has 1 aliphatic rings. The lowest BCUT2D eigenvalue weighted by atomic mass is 10.2. The van der Waals surface area contributed by atoms with E-state index in [-0.39, 0.29) is 11.9 Å². The molecule has 1 heterocycles. The van der Waals surface area contributed by atoms with E-state index in [4.69, 9.17) is 11.6 Å². The van der Waals surface area contributed by atoms with Crippen molar-refractivity contribution < 1.29 is 4.79 Å². The van der Waals surface area contributed by atoms with Gasteiger partial charge < -0.3 is 5.32 Å².